The lowest BCUT2D eigenvalue weighted by Crippen LogP contribution is -2.41. The number of anilines is 1. The van der Waals surface area contributed by atoms with E-state index in [1.54, 1.807) is 28.9 Å². The van der Waals surface area contributed by atoms with Crippen molar-refractivity contribution in [3.63, 3.8) is 0 Å². The molecule has 1 aliphatic rings. The van der Waals surface area contributed by atoms with E-state index in [-0.39, 0.29) is 18.6 Å². The molecule has 3 aromatic carbocycles. The van der Waals surface area contributed by atoms with Gasteiger partial charge in [-0.2, -0.15) is 0 Å². The summed E-state index contributed by atoms with van der Waals surface area (Å²) < 4.78 is 7.66. The molecule has 2 atom stereocenters. The molecule has 0 aliphatic carbocycles. The number of para-hydroxylation sites is 1. The Kier molecular flexibility index (Phi) is 6.19. The number of nitrogens with zero attached hydrogens (tertiary/aromatic N) is 3. The monoisotopic (exact) mass is 477 g/mol. The molecule has 0 bridgehead atoms. The Labute approximate surface area is 200 Å². The molecule has 0 saturated heterocycles. The molecule has 0 spiro atoms. The molecule has 9 heteroatoms. The Morgan fingerprint density at radius 2 is 1.70 bits per heavy atom. The number of aromatic nitrogens is 3. The number of nitrogens with one attached hydrogen (secondary N) is 2. The number of fused-ring (bicyclic) bond motifs is 1. The number of halogens is 1. The topological polar surface area (TPSA) is 81.1 Å². The highest BCUT2D eigenvalue weighted by molar-refractivity contribution is 8.00. The number of hydrogen-bond acceptors (Lipinski definition) is 6. The van der Waals surface area contributed by atoms with Crippen LogP contribution in [0, 0.1) is 0 Å². The molecule has 7 nitrogen and oxygen atoms in total. The summed E-state index contributed by atoms with van der Waals surface area (Å²) in [5, 5.41) is 12.3. The molecule has 0 fully saturated rings. The van der Waals surface area contributed by atoms with E-state index in [0.717, 1.165) is 11.3 Å². The lowest BCUT2D eigenvalue weighted by atomic mass is 10.0. The SMILES string of the molecule is O=C(Nc1ccc(Cl)cc1)[C@@H]1Sc2nnc(COc3ccccc3)n2N[C@H]1c1ccccc1. The van der Waals surface area contributed by atoms with Crippen LogP contribution in [0.25, 0.3) is 0 Å². The van der Waals surface area contributed by atoms with E-state index in [9.17, 15) is 4.79 Å². The summed E-state index contributed by atoms with van der Waals surface area (Å²) >= 11 is 7.33. The standard InChI is InChI=1S/C24H20ClN5O2S/c25-17-11-13-18(14-12-17)26-23(31)22-21(16-7-3-1-4-8-16)29-30-20(27-28-24(30)33-22)15-32-19-9-5-2-6-10-19/h1-14,21-22,29H,15H2,(H,26,31)/t21-,22+/m0/s1. The van der Waals surface area contributed by atoms with Crippen molar-refractivity contribution in [3.05, 3.63) is 101 Å². The zero-order valence-electron chi connectivity index (χ0n) is 17.4. The summed E-state index contributed by atoms with van der Waals surface area (Å²) in [7, 11) is 0. The minimum Gasteiger partial charge on any atom is -0.486 e. The van der Waals surface area contributed by atoms with E-state index in [4.69, 9.17) is 16.3 Å². The van der Waals surface area contributed by atoms with Crippen LogP contribution in [0.15, 0.2) is 90.1 Å². The Balaban J connectivity index is 1.40. The van der Waals surface area contributed by atoms with Gasteiger partial charge in [0.1, 0.15) is 17.6 Å². The smallest absolute Gasteiger partial charge is 0.240 e. The third-order valence-electron chi connectivity index (χ3n) is 5.14. The first kappa shape index (κ1) is 21.4. The highest BCUT2D eigenvalue weighted by Crippen LogP contribution is 2.37. The summed E-state index contributed by atoms with van der Waals surface area (Å²) in [6, 6.07) is 26.1. The van der Waals surface area contributed by atoms with Gasteiger partial charge in [-0.05, 0) is 42.0 Å². The number of thioether (sulfide) groups is 1. The Hall–Kier alpha value is -3.49. The van der Waals surface area contributed by atoms with Gasteiger partial charge >= 0.3 is 0 Å². The van der Waals surface area contributed by atoms with Crippen LogP contribution < -0.4 is 15.5 Å². The van der Waals surface area contributed by atoms with Crippen molar-refractivity contribution < 1.29 is 9.53 Å². The highest BCUT2D eigenvalue weighted by Gasteiger charge is 2.37. The van der Waals surface area contributed by atoms with E-state index in [1.165, 1.54) is 11.8 Å². The number of amides is 1. The lowest BCUT2D eigenvalue weighted by molar-refractivity contribution is -0.116. The number of benzene rings is 3. The minimum absolute atomic E-state index is 0.139. The van der Waals surface area contributed by atoms with Crippen LogP contribution in [-0.4, -0.2) is 26.0 Å². The first-order valence-corrected chi connectivity index (χ1v) is 11.6. The maximum atomic E-state index is 13.3. The van der Waals surface area contributed by atoms with Gasteiger partial charge in [0.25, 0.3) is 0 Å². The Morgan fingerprint density at radius 3 is 2.42 bits per heavy atom. The summed E-state index contributed by atoms with van der Waals surface area (Å²) in [6.45, 7) is 0.244. The molecule has 33 heavy (non-hydrogen) atoms. The largest absolute Gasteiger partial charge is 0.486 e. The van der Waals surface area contributed by atoms with Crippen LogP contribution in [0.3, 0.4) is 0 Å². The third-order valence-corrected chi connectivity index (χ3v) is 6.61. The average molecular weight is 478 g/mol. The molecule has 0 saturated carbocycles. The van der Waals surface area contributed by atoms with Crippen molar-refractivity contribution >= 4 is 35.0 Å². The number of carbonyl (C=O) groups is 1. The number of rotatable bonds is 6. The molecule has 2 heterocycles. The first-order valence-electron chi connectivity index (χ1n) is 10.3. The van der Waals surface area contributed by atoms with Gasteiger partial charge in [0, 0.05) is 10.7 Å². The van der Waals surface area contributed by atoms with Crippen LogP contribution in [0.4, 0.5) is 5.69 Å². The molecule has 4 aromatic rings. The van der Waals surface area contributed by atoms with Crippen LogP contribution >= 0.6 is 23.4 Å². The van der Waals surface area contributed by atoms with Gasteiger partial charge < -0.3 is 15.5 Å². The van der Waals surface area contributed by atoms with Gasteiger partial charge in [-0.15, -0.1) is 10.2 Å². The van der Waals surface area contributed by atoms with Crippen molar-refractivity contribution in [2.45, 2.75) is 23.1 Å². The molecule has 1 aliphatic heterocycles. The zero-order chi connectivity index (χ0) is 22.6. The van der Waals surface area contributed by atoms with Gasteiger partial charge in [-0.1, -0.05) is 71.9 Å². The van der Waals surface area contributed by atoms with Gasteiger partial charge in [0.15, 0.2) is 5.82 Å². The summed E-state index contributed by atoms with van der Waals surface area (Å²) in [5.74, 6) is 1.23. The maximum absolute atomic E-state index is 13.3. The third kappa shape index (κ3) is 4.81. The fourth-order valence-electron chi connectivity index (χ4n) is 3.51. The molecule has 2 N–H and O–H groups in total. The fraction of sp³-hybridized carbons (Fsp3) is 0.125. The predicted molar refractivity (Wildman–Crippen MR) is 129 cm³/mol. The van der Waals surface area contributed by atoms with Crippen LogP contribution in [0.2, 0.25) is 5.02 Å². The summed E-state index contributed by atoms with van der Waals surface area (Å²) in [6.07, 6.45) is 0. The fourth-order valence-corrected chi connectivity index (χ4v) is 4.74. The lowest BCUT2D eigenvalue weighted by Gasteiger charge is -2.33. The molecular weight excluding hydrogens is 458 g/mol. The molecule has 5 rings (SSSR count). The molecule has 1 amide bonds. The minimum atomic E-state index is -0.470. The number of hydrogen-bond donors (Lipinski definition) is 2. The predicted octanol–water partition coefficient (Wildman–Crippen LogP) is 4.91. The quantitative estimate of drug-likeness (QED) is 0.410. The van der Waals surface area contributed by atoms with Crippen molar-refractivity contribution in [1.82, 2.24) is 14.9 Å². The van der Waals surface area contributed by atoms with Crippen LogP contribution in [-0.2, 0) is 11.4 Å². The number of ether oxygens (including phenoxy) is 1. The highest BCUT2D eigenvalue weighted by atomic mass is 35.5. The van der Waals surface area contributed by atoms with Crippen molar-refractivity contribution in [1.29, 1.82) is 0 Å². The Bertz CT molecular complexity index is 1230. The summed E-state index contributed by atoms with van der Waals surface area (Å²) in [5.41, 5.74) is 5.10. The van der Waals surface area contributed by atoms with Crippen molar-refractivity contribution in [2.75, 3.05) is 10.7 Å². The maximum Gasteiger partial charge on any atom is 0.240 e. The molecule has 0 radical (unpaired) electrons. The second kappa shape index (κ2) is 9.56. The van der Waals surface area contributed by atoms with E-state index < -0.39 is 5.25 Å². The zero-order valence-corrected chi connectivity index (χ0v) is 19.0. The van der Waals surface area contributed by atoms with Crippen molar-refractivity contribution in [2.24, 2.45) is 0 Å². The summed E-state index contributed by atoms with van der Waals surface area (Å²) in [4.78, 5) is 13.3. The normalized spacial score (nSPS) is 17.0. The van der Waals surface area contributed by atoms with E-state index in [0.29, 0.717) is 21.7 Å². The van der Waals surface area contributed by atoms with E-state index in [2.05, 4.69) is 20.9 Å². The van der Waals surface area contributed by atoms with Gasteiger partial charge in [-0.3, -0.25) is 4.79 Å². The van der Waals surface area contributed by atoms with Gasteiger partial charge in [0.2, 0.25) is 11.1 Å². The van der Waals surface area contributed by atoms with Gasteiger partial charge in [-0.25, -0.2) is 4.68 Å². The second-order valence-electron chi connectivity index (χ2n) is 7.39. The molecule has 1 aromatic heterocycles. The molecule has 166 valence electrons. The van der Waals surface area contributed by atoms with E-state index >= 15 is 0 Å². The van der Waals surface area contributed by atoms with E-state index in [1.807, 2.05) is 60.7 Å². The Morgan fingerprint density at radius 1 is 1.00 bits per heavy atom. The van der Waals surface area contributed by atoms with Gasteiger partial charge in [0.05, 0.1) is 6.04 Å². The first-order chi connectivity index (χ1) is 16.2. The second-order valence-corrected chi connectivity index (χ2v) is 8.93. The van der Waals surface area contributed by atoms with Crippen molar-refractivity contribution in [3.8, 4) is 5.75 Å². The van der Waals surface area contributed by atoms with Crippen LogP contribution in [0.5, 0.6) is 5.75 Å². The average Bonchev–Trinajstić information content (AvgIpc) is 3.26. The molecular formula is C24H20ClN5O2S. The molecule has 0 unspecified atom stereocenters. The van der Waals surface area contributed by atoms with Crippen LogP contribution in [0.1, 0.15) is 17.4 Å². The number of carbonyl (C=O) groups excluding carboxylic acids is 1.